The summed E-state index contributed by atoms with van der Waals surface area (Å²) in [5.41, 5.74) is 8.20. The lowest BCUT2D eigenvalue weighted by atomic mass is 10.1. The molecule has 3 heteroatoms. The molecular weight excluding hydrogens is 198 g/mol. The van der Waals surface area contributed by atoms with Gasteiger partial charge in [-0.25, -0.2) is 0 Å². The topological polar surface area (TPSA) is 42.1 Å². The van der Waals surface area contributed by atoms with Crippen LogP contribution in [0.5, 0.6) is 0 Å². The van der Waals surface area contributed by atoms with Crippen LogP contribution >= 0.6 is 0 Å². The molecule has 0 unspecified atom stereocenters. The number of benzene rings is 1. The molecule has 1 saturated heterocycles. The van der Waals surface area contributed by atoms with E-state index in [0.717, 1.165) is 25.2 Å². The summed E-state index contributed by atoms with van der Waals surface area (Å²) in [6, 6.07) is 10.8. The van der Waals surface area contributed by atoms with Crippen LogP contribution in [-0.2, 0) is 6.54 Å². The van der Waals surface area contributed by atoms with Gasteiger partial charge in [0.15, 0.2) is 0 Å². The smallest absolute Gasteiger partial charge is 0.0705 e. The predicted octanol–water partition coefficient (Wildman–Crippen LogP) is 1.38. The molecule has 0 radical (unpaired) electrons. The zero-order valence-corrected chi connectivity index (χ0v) is 9.13. The van der Waals surface area contributed by atoms with E-state index >= 15 is 0 Å². The van der Waals surface area contributed by atoms with E-state index in [0.29, 0.717) is 6.04 Å². The minimum atomic E-state index is 0.369. The zero-order chi connectivity index (χ0) is 11.0. The Bertz CT molecular complexity index is 498. The summed E-state index contributed by atoms with van der Waals surface area (Å²) < 4.78 is 0. The maximum absolute atomic E-state index is 5.78. The van der Waals surface area contributed by atoms with Crippen LogP contribution in [0.1, 0.15) is 5.56 Å². The molecule has 1 aliphatic heterocycles. The Morgan fingerprint density at radius 3 is 2.88 bits per heavy atom. The highest BCUT2D eigenvalue weighted by Gasteiger charge is 2.22. The molecule has 82 valence electrons. The number of likely N-dealkylation sites (tertiary alicyclic amines) is 1. The average molecular weight is 213 g/mol. The van der Waals surface area contributed by atoms with Gasteiger partial charge in [-0.15, -0.1) is 0 Å². The van der Waals surface area contributed by atoms with Gasteiger partial charge < -0.3 is 5.73 Å². The lowest BCUT2D eigenvalue weighted by Crippen LogP contribution is -2.54. The van der Waals surface area contributed by atoms with Crippen LogP contribution in [0.3, 0.4) is 0 Å². The first-order valence-electron chi connectivity index (χ1n) is 5.63. The van der Waals surface area contributed by atoms with Crippen LogP contribution in [0, 0.1) is 0 Å². The summed E-state index contributed by atoms with van der Waals surface area (Å²) in [5, 5.41) is 1.26. The van der Waals surface area contributed by atoms with Gasteiger partial charge in [0, 0.05) is 37.3 Å². The SMILES string of the molecule is NC1CN(Cc2ccnc3ccccc23)C1. The first-order chi connectivity index (χ1) is 7.83. The summed E-state index contributed by atoms with van der Waals surface area (Å²) in [4.78, 5) is 6.73. The Morgan fingerprint density at radius 1 is 1.25 bits per heavy atom. The van der Waals surface area contributed by atoms with E-state index in [1.54, 1.807) is 0 Å². The maximum atomic E-state index is 5.78. The Balaban J connectivity index is 1.91. The van der Waals surface area contributed by atoms with Crippen molar-refractivity contribution < 1.29 is 0 Å². The third-order valence-electron chi connectivity index (χ3n) is 3.12. The lowest BCUT2D eigenvalue weighted by Gasteiger charge is -2.37. The number of hydrogen-bond acceptors (Lipinski definition) is 3. The van der Waals surface area contributed by atoms with Crippen molar-refractivity contribution in [3.05, 3.63) is 42.1 Å². The number of pyridine rings is 1. The van der Waals surface area contributed by atoms with Gasteiger partial charge in [0.1, 0.15) is 0 Å². The van der Waals surface area contributed by atoms with Crippen molar-refractivity contribution in [3.63, 3.8) is 0 Å². The highest BCUT2D eigenvalue weighted by Crippen LogP contribution is 2.19. The molecule has 2 aromatic rings. The number of aromatic nitrogens is 1. The van der Waals surface area contributed by atoms with Crippen molar-refractivity contribution >= 4 is 10.9 Å². The minimum Gasteiger partial charge on any atom is -0.325 e. The van der Waals surface area contributed by atoms with Crippen molar-refractivity contribution in [2.75, 3.05) is 13.1 Å². The Hall–Kier alpha value is -1.45. The fourth-order valence-corrected chi connectivity index (χ4v) is 2.27. The molecule has 2 N–H and O–H groups in total. The summed E-state index contributed by atoms with van der Waals surface area (Å²) in [7, 11) is 0. The number of nitrogens with two attached hydrogens (primary N) is 1. The third-order valence-corrected chi connectivity index (χ3v) is 3.12. The number of rotatable bonds is 2. The standard InChI is InChI=1S/C13H15N3/c14-11-8-16(9-11)7-10-5-6-15-13-4-2-1-3-12(10)13/h1-6,11H,7-9,14H2. The van der Waals surface area contributed by atoms with Crippen LogP contribution in [0.25, 0.3) is 10.9 Å². The van der Waals surface area contributed by atoms with E-state index in [-0.39, 0.29) is 0 Å². The zero-order valence-electron chi connectivity index (χ0n) is 9.13. The van der Waals surface area contributed by atoms with E-state index < -0.39 is 0 Å². The van der Waals surface area contributed by atoms with E-state index in [1.807, 2.05) is 12.3 Å². The molecule has 3 nitrogen and oxygen atoms in total. The minimum absolute atomic E-state index is 0.369. The van der Waals surface area contributed by atoms with Crippen LogP contribution in [-0.4, -0.2) is 29.0 Å². The number of para-hydroxylation sites is 1. The van der Waals surface area contributed by atoms with Gasteiger partial charge >= 0.3 is 0 Å². The second kappa shape index (κ2) is 3.85. The fourth-order valence-electron chi connectivity index (χ4n) is 2.27. The molecular formula is C13H15N3. The number of nitrogens with zero attached hydrogens (tertiary/aromatic N) is 2. The van der Waals surface area contributed by atoms with Crippen molar-refractivity contribution in [1.82, 2.24) is 9.88 Å². The Kier molecular flexibility index (Phi) is 2.35. The van der Waals surface area contributed by atoms with Gasteiger partial charge in [-0.05, 0) is 17.7 Å². The molecule has 1 aliphatic rings. The molecule has 0 saturated carbocycles. The average Bonchev–Trinajstić information content (AvgIpc) is 2.27. The molecule has 2 heterocycles. The molecule has 0 aliphatic carbocycles. The van der Waals surface area contributed by atoms with Gasteiger partial charge in [0.25, 0.3) is 0 Å². The summed E-state index contributed by atoms with van der Waals surface area (Å²) >= 11 is 0. The van der Waals surface area contributed by atoms with Crippen molar-refractivity contribution in [2.45, 2.75) is 12.6 Å². The van der Waals surface area contributed by atoms with E-state index in [1.165, 1.54) is 10.9 Å². The summed E-state index contributed by atoms with van der Waals surface area (Å²) in [5.74, 6) is 0. The molecule has 0 amide bonds. The lowest BCUT2D eigenvalue weighted by molar-refractivity contribution is 0.143. The highest BCUT2D eigenvalue weighted by molar-refractivity contribution is 5.81. The van der Waals surface area contributed by atoms with E-state index in [2.05, 4.69) is 34.1 Å². The quantitative estimate of drug-likeness (QED) is 0.819. The van der Waals surface area contributed by atoms with Crippen molar-refractivity contribution in [3.8, 4) is 0 Å². The first-order valence-corrected chi connectivity index (χ1v) is 5.63. The maximum Gasteiger partial charge on any atom is 0.0705 e. The van der Waals surface area contributed by atoms with Crippen molar-refractivity contribution in [2.24, 2.45) is 5.73 Å². The predicted molar refractivity (Wildman–Crippen MR) is 65.0 cm³/mol. The number of hydrogen-bond donors (Lipinski definition) is 1. The van der Waals surface area contributed by atoms with Crippen LogP contribution in [0.15, 0.2) is 36.5 Å². The molecule has 0 bridgehead atoms. The van der Waals surface area contributed by atoms with Crippen LogP contribution in [0.2, 0.25) is 0 Å². The summed E-state index contributed by atoms with van der Waals surface area (Å²) in [6.45, 7) is 3.00. The normalized spacial score (nSPS) is 17.6. The Labute approximate surface area is 94.9 Å². The molecule has 1 fully saturated rings. The van der Waals surface area contributed by atoms with Gasteiger partial charge in [-0.3, -0.25) is 9.88 Å². The van der Waals surface area contributed by atoms with Gasteiger partial charge in [-0.1, -0.05) is 18.2 Å². The highest BCUT2D eigenvalue weighted by atomic mass is 15.2. The molecule has 0 spiro atoms. The molecule has 1 aromatic carbocycles. The molecule has 3 rings (SSSR count). The second-order valence-corrected chi connectivity index (χ2v) is 4.44. The third kappa shape index (κ3) is 1.68. The monoisotopic (exact) mass is 213 g/mol. The van der Waals surface area contributed by atoms with Gasteiger partial charge in [0.05, 0.1) is 5.52 Å². The molecule has 16 heavy (non-hydrogen) atoms. The van der Waals surface area contributed by atoms with Gasteiger partial charge in [0.2, 0.25) is 0 Å². The molecule has 1 aromatic heterocycles. The van der Waals surface area contributed by atoms with E-state index in [9.17, 15) is 0 Å². The largest absolute Gasteiger partial charge is 0.325 e. The second-order valence-electron chi connectivity index (χ2n) is 4.44. The number of fused-ring (bicyclic) bond motifs is 1. The van der Waals surface area contributed by atoms with Crippen molar-refractivity contribution in [1.29, 1.82) is 0 Å². The fraction of sp³-hybridized carbons (Fsp3) is 0.308. The van der Waals surface area contributed by atoms with Crippen LogP contribution in [0.4, 0.5) is 0 Å². The van der Waals surface area contributed by atoms with E-state index in [4.69, 9.17) is 5.73 Å². The first kappa shape index (κ1) is 9.75. The summed E-state index contributed by atoms with van der Waals surface area (Å²) in [6.07, 6.45) is 1.89. The van der Waals surface area contributed by atoms with Crippen LogP contribution < -0.4 is 5.73 Å². The van der Waals surface area contributed by atoms with Gasteiger partial charge in [-0.2, -0.15) is 0 Å². The molecule has 0 atom stereocenters. The Morgan fingerprint density at radius 2 is 2.06 bits per heavy atom.